The number of nitrogens with one attached hydrogen (secondary N) is 1. The zero-order valence-electron chi connectivity index (χ0n) is 15.2. The maximum atomic E-state index is 12.8. The largest absolute Gasteiger partial charge is 0.350 e. The Morgan fingerprint density at radius 2 is 1.69 bits per heavy atom. The molecule has 0 aliphatic heterocycles. The van der Waals surface area contributed by atoms with Gasteiger partial charge >= 0.3 is 0 Å². The molecule has 0 aliphatic carbocycles. The lowest BCUT2D eigenvalue weighted by molar-refractivity contribution is 0.0988. The molecule has 5 nitrogen and oxygen atoms in total. The third-order valence-corrected chi connectivity index (χ3v) is 4.09. The summed E-state index contributed by atoms with van der Waals surface area (Å²) in [7, 11) is 1.74. The Kier molecular flexibility index (Phi) is 5.27. The van der Waals surface area contributed by atoms with Crippen LogP contribution in [0, 0.1) is 13.8 Å². The van der Waals surface area contributed by atoms with Crippen molar-refractivity contribution in [3.63, 3.8) is 0 Å². The van der Waals surface area contributed by atoms with Gasteiger partial charge in [-0.1, -0.05) is 48.0 Å². The van der Waals surface area contributed by atoms with Crippen LogP contribution in [0.25, 0.3) is 0 Å². The van der Waals surface area contributed by atoms with Crippen molar-refractivity contribution in [1.29, 1.82) is 0 Å². The number of aryl methyl sites for hydroxylation is 2. The fourth-order valence-corrected chi connectivity index (χ4v) is 2.58. The van der Waals surface area contributed by atoms with Crippen molar-refractivity contribution in [1.82, 2.24) is 9.97 Å². The molecule has 26 heavy (non-hydrogen) atoms. The van der Waals surface area contributed by atoms with E-state index in [0.29, 0.717) is 18.2 Å². The fraction of sp³-hybridized carbons (Fsp3) is 0.190. The van der Waals surface area contributed by atoms with Crippen LogP contribution < -0.4 is 10.2 Å². The lowest BCUT2D eigenvalue weighted by Gasteiger charge is -2.17. The summed E-state index contributed by atoms with van der Waals surface area (Å²) in [5.74, 6) is 0.287. The molecule has 0 saturated heterocycles. The first-order valence-corrected chi connectivity index (χ1v) is 8.51. The van der Waals surface area contributed by atoms with Gasteiger partial charge in [-0.3, -0.25) is 4.79 Å². The maximum absolute atomic E-state index is 12.8. The lowest BCUT2D eigenvalue weighted by atomic mass is 10.1. The van der Waals surface area contributed by atoms with Crippen LogP contribution in [0.15, 0.2) is 60.7 Å². The smallest absolute Gasteiger partial charge is 0.276 e. The highest BCUT2D eigenvalue weighted by molar-refractivity contribution is 6.04. The quantitative estimate of drug-likeness (QED) is 0.759. The van der Waals surface area contributed by atoms with E-state index in [2.05, 4.69) is 46.5 Å². The molecule has 0 unspecified atom stereocenters. The molecular weight excluding hydrogens is 324 g/mol. The highest BCUT2D eigenvalue weighted by Gasteiger charge is 2.16. The number of aromatic nitrogens is 2. The van der Waals surface area contributed by atoms with Crippen molar-refractivity contribution in [3.8, 4) is 0 Å². The highest BCUT2D eigenvalue weighted by atomic mass is 16.2. The molecule has 2 aromatic carbocycles. The van der Waals surface area contributed by atoms with Crippen LogP contribution in [0.2, 0.25) is 0 Å². The predicted octanol–water partition coefficient (Wildman–Crippen LogP) is 3.98. The fourth-order valence-electron chi connectivity index (χ4n) is 2.58. The molecule has 1 amide bonds. The Balaban J connectivity index is 1.76. The normalized spacial score (nSPS) is 10.4. The summed E-state index contributed by atoms with van der Waals surface area (Å²) in [6, 6.07) is 19.5. The van der Waals surface area contributed by atoms with E-state index in [4.69, 9.17) is 0 Å². The van der Waals surface area contributed by atoms with Crippen LogP contribution in [-0.4, -0.2) is 22.9 Å². The van der Waals surface area contributed by atoms with Crippen molar-refractivity contribution in [3.05, 3.63) is 83.2 Å². The zero-order valence-corrected chi connectivity index (χ0v) is 15.2. The van der Waals surface area contributed by atoms with Crippen molar-refractivity contribution < 1.29 is 4.79 Å². The second kappa shape index (κ2) is 7.78. The van der Waals surface area contributed by atoms with Gasteiger partial charge in [-0.15, -0.1) is 0 Å². The molecule has 0 radical (unpaired) electrons. The Morgan fingerprint density at radius 1 is 1.00 bits per heavy atom. The number of benzene rings is 2. The molecule has 1 N–H and O–H groups in total. The summed E-state index contributed by atoms with van der Waals surface area (Å²) < 4.78 is 0. The second-order valence-corrected chi connectivity index (χ2v) is 6.26. The molecule has 1 aromatic heterocycles. The van der Waals surface area contributed by atoms with Gasteiger partial charge in [0.2, 0.25) is 5.95 Å². The van der Waals surface area contributed by atoms with E-state index in [1.165, 1.54) is 5.56 Å². The van der Waals surface area contributed by atoms with E-state index in [0.717, 1.165) is 16.9 Å². The summed E-state index contributed by atoms with van der Waals surface area (Å²) in [5, 5.41) is 3.20. The van der Waals surface area contributed by atoms with E-state index in [1.807, 2.05) is 37.3 Å². The van der Waals surface area contributed by atoms with E-state index < -0.39 is 0 Å². The van der Waals surface area contributed by atoms with Crippen LogP contribution in [-0.2, 0) is 6.54 Å². The number of carbonyl (C=O) groups is 1. The van der Waals surface area contributed by atoms with Gasteiger partial charge in [0.05, 0.1) is 0 Å². The average Bonchev–Trinajstić information content (AvgIpc) is 2.66. The number of anilines is 2. The van der Waals surface area contributed by atoms with Gasteiger partial charge in [0.15, 0.2) is 0 Å². The second-order valence-electron chi connectivity index (χ2n) is 6.26. The van der Waals surface area contributed by atoms with Gasteiger partial charge in [0.25, 0.3) is 5.91 Å². The number of para-hydroxylation sites is 1. The van der Waals surface area contributed by atoms with Crippen LogP contribution in [0.5, 0.6) is 0 Å². The minimum atomic E-state index is -0.167. The number of rotatable bonds is 5. The molecule has 0 spiro atoms. The lowest BCUT2D eigenvalue weighted by Crippen LogP contribution is -2.27. The van der Waals surface area contributed by atoms with Crippen LogP contribution in [0.4, 0.5) is 11.6 Å². The third-order valence-electron chi connectivity index (χ3n) is 4.09. The van der Waals surface area contributed by atoms with Crippen molar-refractivity contribution in [2.75, 3.05) is 17.3 Å². The maximum Gasteiger partial charge on any atom is 0.276 e. The highest BCUT2D eigenvalue weighted by Crippen LogP contribution is 2.15. The SMILES string of the molecule is Cc1ccc(CNc2nc(C)cc(C(=O)N(C)c3ccccc3)n2)cc1. The summed E-state index contributed by atoms with van der Waals surface area (Å²) in [6.45, 7) is 4.52. The average molecular weight is 346 g/mol. The molecule has 0 fully saturated rings. The molecule has 3 rings (SSSR count). The third kappa shape index (κ3) is 4.25. The first-order valence-electron chi connectivity index (χ1n) is 8.51. The molecular formula is C21H22N4O. The molecule has 1 heterocycles. The Bertz CT molecular complexity index is 892. The van der Waals surface area contributed by atoms with Crippen LogP contribution in [0.1, 0.15) is 27.3 Å². The van der Waals surface area contributed by atoms with Crippen molar-refractivity contribution in [2.24, 2.45) is 0 Å². The standard InChI is InChI=1S/C21H22N4O/c1-15-9-11-17(12-10-15)14-22-21-23-16(2)13-19(24-21)20(26)25(3)18-7-5-4-6-8-18/h4-13H,14H2,1-3H3,(H,22,23,24). The van der Waals surface area contributed by atoms with Gasteiger partial charge in [0, 0.05) is 25.0 Å². The minimum Gasteiger partial charge on any atom is -0.350 e. The number of nitrogens with zero attached hydrogens (tertiary/aromatic N) is 3. The van der Waals surface area contributed by atoms with Gasteiger partial charge in [0.1, 0.15) is 5.69 Å². The van der Waals surface area contributed by atoms with Gasteiger partial charge < -0.3 is 10.2 Å². The van der Waals surface area contributed by atoms with E-state index in [1.54, 1.807) is 18.0 Å². The summed E-state index contributed by atoms with van der Waals surface area (Å²) >= 11 is 0. The van der Waals surface area contributed by atoms with E-state index in [9.17, 15) is 4.79 Å². The molecule has 0 saturated carbocycles. The van der Waals surface area contributed by atoms with E-state index >= 15 is 0 Å². The van der Waals surface area contributed by atoms with Crippen LogP contribution in [0.3, 0.4) is 0 Å². The zero-order chi connectivity index (χ0) is 18.5. The van der Waals surface area contributed by atoms with Crippen molar-refractivity contribution in [2.45, 2.75) is 20.4 Å². The molecule has 0 aliphatic rings. The first-order chi connectivity index (χ1) is 12.5. The number of amides is 1. The first kappa shape index (κ1) is 17.6. The Labute approximate surface area is 153 Å². The Hall–Kier alpha value is -3.21. The topological polar surface area (TPSA) is 58.1 Å². The number of hydrogen-bond acceptors (Lipinski definition) is 4. The molecule has 3 aromatic rings. The van der Waals surface area contributed by atoms with Gasteiger partial charge in [-0.25, -0.2) is 9.97 Å². The minimum absolute atomic E-state index is 0.167. The van der Waals surface area contributed by atoms with E-state index in [-0.39, 0.29) is 5.91 Å². The summed E-state index contributed by atoms with van der Waals surface area (Å²) in [6.07, 6.45) is 0. The Morgan fingerprint density at radius 3 is 2.38 bits per heavy atom. The van der Waals surface area contributed by atoms with Crippen molar-refractivity contribution >= 4 is 17.5 Å². The molecule has 0 atom stereocenters. The molecule has 132 valence electrons. The number of carbonyl (C=O) groups excluding carboxylic acids is 1. The summed E-state index contributed by atoms with van der Waals surface area (Å²) in [5.41, 5.74) is 4.29. The summed E-state index contributed by atoms with van der Waals surface area (Å²) in [4.78, 5) is 23.1. The van der Waals surface area contributed by atoms with Gasteiger partial charge in [-0.05, 0) is 37.6 Å². The molecule has 0 bridgehead atoms. The molecule has 5 heteroatoms. The van der Waals surface area contributed by atoms with Gasteiger partial charge in [-0.2, -0.15) is 0 Å². The van der Waals surface area contributed by atoms with Crippen LogP contribution >= 0.6 is 0 Å². The number of hydrogen-bond donors (Lipinski definition) is 1. The monoisotopic (exact) mass is 346 g/mol. The predicted molar refractivity (Wildman–Crippen MR) is 104 cm³/mol.